The molecule has 2 aliphatic heterocycles. The molecule has 9 heteroatoms. The number of aryl methyl sites for hydroxylation is 1. The number of piperazine rings is 1. The van der Waals surface area contributed by atoms with Gasteiger partial charge >= 0.3 is 0 Å². The van der Waals surface area contributed by atoms with E-state index in [4.69, 9.17) is 9.73 Å². The maximum atomic E-state index is 12.4. The van der Waals surface area contributed by atoms with E-state index in [1.807, 2.05) is 17.2 Å². The van der Waals surface area contributed by atoms with Gasteiger partial charge < -0.3 is 19.9 Å². The Bertz CT molecular complexity index is 673. The van der Waals surface area contributed by atoms with Gasteiger partial charge in [0.25, 0.3) is 0 Å². The van der Waals surface area contributed by atoms with Crippen LogP contribution in [0.5, 0.6) is 0 Å². The average molecular weight is 516 g/mol. The molecule has 1 amide bonds. The number of nitrogens with one attached hydrogen (secondary N) is 1. The molecule has 0 spiro atoms. The minimum Gasteiger partial charge on any atom is -0.378 e. The molecule has 2 saturated heterocycles. The number of guanidine groups is 1. The largest absolute Gasteiger partial charge is 0.378 e. The lowest BCUT2D eigenvalue weighted by atomic mass is 10.2. The summed E-state index contributed by atoms with van der Waals surface area (Å²) in [7, 11) is 0. The van der Waals surface area contributed by atoms with Gasteiger partial charge in [0, 0.05) is 52.0 Å². The van der Waals surface area contributed by atoms with Gasteiger partial charge in [-0.1, -0.05) is 6.07 Å². The number of carbonyl (C=O) groups is 1. The van der Waals surface area contributed by atoms with E-state index in [0.717, 1.165) is 49.9 Å². The van der Waals surface area contributed by atoms with E-state index >= 15 is 0 Å². The third kappa shape index (κ3) is 7.07. The quantitative estimate of drug-likeness (QED) is 0.357. The van der Waals surface area contributed by atoms with Crippen LogP contribution < -0.4 is 5.32 Å². The second kappa shape index (κ2) is 12.3. The van der Waals surface area contributed by atoms with Crippen molar-refractivity contribution in [3.05, 3.63) is 29.6 Å². The number of pyridine rings is 1. The predicted molar refractivity (Wildman–Crippen MR) is 125 cm³/mol. The number of ether oxygens (including phenoxy) is 1. The van der Waals surface area contributed by atoms with Crippen LogP contribution in [0.15, 0.2) is 23.3 Å². The van der Waals surface area contributed by atoms with Crippen LogP contribution in [0, 0.1) is 6.92 Å². The average Bonchev–Trinajstić information content (AvgIpc) is 2.73. The van der Waals surface area contributed by atoms with Crippen LogP contribution in [-0.2, 0) is 16.1 Å². The van der Waals surface area contributed by atoms with Crippen LogP contribution in [0.2, 0.25) is 0 Å². The normalized spacial score (nSPS) is 18.3. The molecule has 0 unspecified atom stereocenters. The fourth-order valence-electron chi connectivity index (χ4n) is 3.48. The smallest absolute Gasteiger partial charge is 0.236 e. The molecule has 0 atom stereocenters. The number of aliphatic imine (C=N–C) groups is 1. The van der Waals surface area contributed by atoms with Crippen molar-refractivity contribution in [2.45, 2.75) is 20.4 Å². The van der Waals surface area contributed by atoms with E-state index in [1.165, 1.54) is 0 Å². The van der Waals surface area contributed by atoms with Gasteiger partial charge in [0.2, 0.25) is 5.91 Å². The molecule has 3 heterocycles. The van der Waals surface area contributed by atoms with Crippen molar-refractivity contribution in [3.63, 3.8) is 0 Å². The zero-order valence-corrected chi connectivity index (χ0v) is 19.8. The third-order valence-electron chi connectivity index (χ3n) is 5.23. The molecule has 8 nitrogen and oxygen atoms in total. The van der Waals surface area contributed by atoms with Gasteiger partial charge in [-0.2, -0.15) is 0 Å². The standard InChI is InChI=1S/C20H32N6O2.HI/c1-3-21-20(23-15-18-17(2)5-4-6-22-18)26-9-7-24(8-10-26)16-19(27)25-11-13-28-14-12-25;/h4-6H,3,7-16H2,1-2H3,(H,21,23);1H. The Morgan fingerprint density at radius 3 is 2.55 bits per heavy atom. The minimum atomic E-state index is 0. The van der Waals surface area contributed by atoms with Gasteiger partial charge in [-0.25, -0.2) is 4.99 Å². The molecule has 0 aromatic carbocycles. The van der Waals surface area contributed by atoms with Crippen molar-refractivity contribution in [3.8, 4) is 0 Å². The highest BCUT2D eigenvalue weighted by molar-refractivity contribution is 14.0. The lowest BCUT2D eigenvalue weighted by Crippen LogP contribution is -2.54. The Hall–Kier alpha value is -1.46. The minimum absolute atomic E-state index is 0. The van der Waals surface area contributed by atoms with Crippen molar-refractivity contribution in [2.75, 3.05) is 65.6 Å². The molecule has 1 aromatic heterocycles. The van der Waals surface area contributed by atoms with Crippen LogP contribution in [0.25, 0.3) is 0 Å². The lowest BCUT2D eigenvalue weighted by molar-refractivity contribution is -0.136. The van der Waals surface area contributed by atoms with Gasteiger partial charge in [-0.15, -0.1) is 24.0 Å². The summed E-state index contributed by atoms with van der Waals surface area (Å²) >= 11 is 0. The monoisotopic (exact) mass is 516 g/mol. The summed E-state index contributed by atoms with van der Waals surface area (Å²) in [6, 6.07) is 4.01. The van der Waals surface area contributed by atoms with Crippen LogP contribution in [0.1, 0.15) is 18.2 Å². The van der Waals surface area contributed by atoms with Gasteiger partial charge in [-0.3, -0.25) is 14.7 Å². The van der Waals surface area contributed by atoms with Crippen molar-refractivity contribution in [2.24, 2.45) is 4.99 Å². The summed E-state index contributed by atoms with van der Waals surface area (Å²) in [4.78, 5) is 28.1. The zero-order valence-electron chi connectivity index (χ0n) is 17.5. The first-order valence-electron chi connectivity index (χ1n) is 10.2. The maximum Gasteiger partial charge on any atom is 0.236 e. The highest BCUT2D eigenvalue weighted by atomic mass is 127. The predicted octanol–water partition coefficient (Wildman–Crippen LogP) is 0.950. The molecule has 0 aliphatic carbocycles. The van der Waals surface area contributed by atoms with Crippen LogP contribution in [0.3, 0.4) is 0 Å². The second-order valence-corrected chi connectivity index (χ2v) is 7.19. The SMILES string of the molecule is CCNC(=NCc1ncccc1C)N1CCN(CC(=O)N2CCOCC2)CC1.I. The molecule has 1 N–H and O–H groups in total. The van der Waals surface area contributed by atoms with E-state index in [0.29, 0.717) is 39.4 Å². The van der Waals surface area contributed by atoms with Crippen LogP contribution in [-0.4, -0.2) is 97.1 Å². The molecule has 0 saturated carbocycles. The molecule has 2 aliphatic rings. The molecule has 0 bridgehead atoms. The van der Waals surface area contributed by atoms with Gasteiger partial charge in [0.1, 0.15) is 0 Å². The second-order valence-electron chi connectivity index (χ2n) is 7.19. The maximum absolute atomic E-state index is 12.4. The number of carbonyl (C=O) groups excluding carboxylic acids is 1. The van der Waals surface area contributed by atoms with Crippen LogP contribution >= 0.6 is 24.0 Å². The zero-order chi connectivity index (χ0) is 19.8. The number of halogens is 1. The Morgan fingerprint density at radius 1 is 1.17 bits per heavy atom. The lowest BCUT2D eigenvalue weighted by Gasteiger charge is -2.37. The van der Waals surface area contributed by atoms with Crippen molar-refractivity contribution in [1.82, 2.24) is 25.0 Å². The van der Waals surface area contributed by atoms with E-state index in [2.05, 4.69) is 40.0 Å². The summed E-state index contributed by atoms with van der Waals surface area (Å²) in [5, 5.41) is 3.39. The summed E-state index contributed by atoms with van der Waals surface area (Å²) in [6.07, 6.45) is 1.81. The summed E-state index contributed by atoms with van der Waals surface area (Å²) in [5.74, 6) is 1.13. The van der Waals surface area contributed by atoms with Gasteiger partial charge in [0.15, 0.2) is 5.96 Å². The number of nitrogens with zero attached hydrogens (tertiary/aromatic N) is 5. The number of hydrogen-bond acceptors (Lipinski definition) is 5. The fourth-order valence-corrected chi connectivity index (χ4v) is 3.48. The Balaban J connectivity index is 0.00000300. The van der Waals surface area contributed by atoms with E-state index < -0.39 is 0 Å². The molecular formula is C20H33IN6O2. The first-order chi connectivity index (χ1) is 13.7. The molecule has 162 valence electrons. The molecule has 2 fully saturated rings. The van der Waals surface area contributed by atoms with E-state index in [1.54, 1.807) is 0 Å². The number of aromatic nitrogens is 1. The first-order valence-corrected chi connectivity index (χ1v) is 10.2. The van der Waals surface area contributed by atoms with Gasteiger partial charge in [0.05, 0.1) is 32.0 Å². The summed E-state index contributed by atoms with van der Waals surface area (Å²) < 4.78 is 5.33. The number of amides is 1. The number of rotatable bonds is 5. The van der Waals surface area contributed by atoms with E-state index in [9.17, 15) is 4.79 Å². The van der Waals surface area contributed by atoms with Crippen molar-refractivity contribution in [1.29, 1.82) is 0 Å². The highest BCUT2D eigenvalue weighted by Crippen LogP contribution is 2.08. The summed E-state index contributed by atoms with van der Waals surface area (Å²) in [5.41, 5.74) is 2.17. The van der Waals surface area contributed by atoms with Crippen LogP contribution in [0.4, 0.5) is 0 Å². The molecule has 3 rings (SSSR count). The third-order valence-corrected chi connectivity index (χ3v) is 5.23. The van der Waals surface area contributed by atoms with Gasteiger partial charge in [-0.05, 0) is 25.5 Å². The molecule has 29 heavy (non-hydrogen) atoms. The Labute approximate surface area is 190 Å². The molecular weight excluding hydrogens is 483 g/mol. The topological polar surface area (TPSA) is 73.3 Å². The van der Waals surface area contributed by atoms with E-state index in [-0.39, 0.29) is 29.9 Å². The first kappa shape index (κ1) is 23.8. The van der Waals surface area contributed by atoms with Crippen molar-refractivity contribution < 1.29 is 9.53 Å². The number of morpholine rings is 1. The fraction of sp³-hybridized carbons (Fsp3) is 0.650. The molecule has 1 aromatic rings. The summed E-state index contributed by atoms with van der Waals surface area (Å²) in [6.45, 7) is 12.2. The Morgan fingerprint density at radius 2 is 1.90 bits per heavy atom. The molecule has 0 radical (unpaired) electrons. The highest BCUT2D eigenvalue weighted by Gasteiger charge is 2.24. The van der Waals surface area contributed by atoms with Crippen molar-refractivity contribution >= 4 is 35.8 Å². The number of hydrogen-bond donors (Lipinski definition) is 1. The Kier molecular flexibility index (Phi) is 10.1.